The van der Waals surface area contributed by atoms with Gasteiger partial charge in [-0.3, -0.25) is 9.36 Å². The van der Waals surface area contributed by atoms with E-state index in [0.717, 1.165) is 62.8 Å². The van der Waals surface area contributed by atoms with Gasteiger partial charge in [-0.1, -0.05) is 32.9 Å². The molecule has 6 nitrogen and oxygen atoms in total. The van der Waals surface area contributed by atoms with Gasteiger partial charge < -0.3 is 14.8 Å². The van der Waals surface area contributed by atoms with E-state index in [1.807, 2.05) is 37.5 Å². The van der Waals surface area contributed by atoms with Gasteiger partial charge >= 0.3 is 5.69 Å². The first-order valence-electron chi connectivity index (χ1n) is 11.5. The predicted octanol–water partition coefficient (Wildman–Crippen LogP) is 3.39. The average molecular weight is 413 g/mol. The van der Waals surface area contributed by atoms with Crippen LogP contribution in [0, 0.1) is 5.41 Å². The largest absolute Gasteiger partial charge is 0.339 e. The summed E-state index contributed by atoms with van der Waals surface area (Å²) in [6.07, 6.45) is 6.58. The molecule has 6 heteroatoms. The number of likely N-dealkylation sites (tertiary alicyclic amines) is 1. The molecule has 2 atom stereocenters. The molecule has 0 bridgehead atoms. The molecule has 3 heterocycles. The van der Waals surface area contributed by atoms with Crippen LogP contribution >= 0.6 is 0 Å². The Morgan fingerprint density at radius 1 is 1.27 bits per heavy atom. The number of piperidine rings is 1. The van der Waals surface area contributed by atoms with E-state index in [0.29, 0.717) is 18.0 Å². The summed E-state index contributed by atoms with van der Waals surface area (Å²) in [5.41, 5.74) is 2.96. The van der Waals surface area contributed by atoms with Crippen LogP contribution in [0.3, 0.4) is 0 Å². The highest BCUT2D eigenvalue weighted by atomic mass is 16.2. The molecule has 2 aromatic rings. The monoisotopic (exact) mass is 412 g/mol. The van der Waals surface area contributed by atoms with Crippen molar-refractivity contribution in [2.24, 2.45) is 5.41 Å². The quantitative estimate of drug-likeness (QED) is 0.819. The Labute approximate surface area is 179 Å². The van der Waals surface area contributed by atoms with Crippen molar-refractivity contribution in [2.75, 3.05) is 20.1 Å². The average Bonchev–Trinajstić information content (AvgIpc) is 3.04. The first kappa shape index (κ1) is 21.2. The van der Waals surface area contributed by atoms with Crippen LogP contribution in [0.1, 0.15) is 58.4 Å². The van der Waals surface area contributed by atoms with Gasteiger partial charge in [-0.2, -0.15) is 0 Å². The van der Waals surface area contributed by atoms with Crippen molar-refractivity contribution in [1.82, 2.24) is 19.4 Å². The van der Waals surface area contributed by atoms with Gasteiger partial charge in [-0.05, 0) is 63.7 Å². The zero-order chi connectivity index (χ0) is 21.5. The molecule has 30 heavy (non-hydrogen) atoms. The van der Waals surface area contributed by atoms with E-state index in [1.165, 1.54) is 12.0 Å². The highest BCUT2D eigenvalue weighted by Crippen LogP contribution is 2.28. The topological polar surface area (TPSA) is 61.3 Å². The van der Waals surface area contributed by atoms with Crippen LogP contribution in [0.2, 0.25) is 0 Å². The number of nitrogens with one attached hydrogen (secondary N) is 1. The molecular weight excluding hydrogens is 376 g/mol. The third-order valence-corrected chi connectivity index (χ3v) is 6.93. The van der Waals surface area contributed by atoms with Crippen molar-refractivity contribution in [3.63, 3.8) is 0 Å². The summed E-state index contributed by atoms with van der Waals surface area (Å²) in [7, 11) is 2.17. The van der Waals surface area contributed by atoms with Gasteiger partial charge in [-0.25, -0.2) is 4.79 Å². The molecule has 0 radical (unpaired) electrons. The highest BCUT2D eigenvalue weighted by molar-refractivity contribution is 5.82. The fourth-order valence-corrected chi connectivity index (χ4v) is 5.22. The number of rotatable bonds is 5. The number of hydrogen-bond acceptors (Lipinski definition) is 3. The third kappa shape index (κ3) is 4.07. The molecule has 1 amide bonds. The number of benzene rings is 1. The van der Waals surface area contributed by atoms with E-state index < -0.39 is 0 Å². The van der Waals surface area contributed by atoms with Crippen LogP contribution in [-0.2, 0) is 17.8 Å². The van der Waals surface area contributed by atoms with E-state index in [4.69, 9.17) is 0 Å². The molecule has 1 aromatic carbocycles. The minimum Gasteiger partial charge on any atom is -0.339 e. The number of nitrogens with zero attached hydrogens (tertiary/aromatic N) is 3. The lowest BCUT2D eigenvalue weighted by Crippen LogP contribution is -2.48. The van der Waals surface area contributed by atoms with Gasteiger partial charge in [0.15, 0.2) is 0 Å². The van der Waals surface area contributed by atoms with Crippen molar-refractivity contribution in [2.45, 2.75) is 77.9 Å². The van der Waals surface area contributed by atoms with Gasteiger partial charge in [0.25, 0.3) is 0 Å². The lowest BCUT2D eigenvalue weighted by molar-refractivity contribution is -0.143. The fraction of sp³-hybridized carbons (Fsp3) is 0.667. The van der Waals surface area contributed by atoms with Crippen LogP contribution in [0.15, 0.2) is 23.0 Å². The molecule has 0 aliphatic carbocycles. The van der Waals surface area contributed by atoms with Crippen LogP contribution in [0.5, 0.6) is 0 Å². The number of imidazole rings is 1. The number of aromatic nitrogens is 2. The van der Waals surface area contributed by atoms with Crippen molar-refractivity contribution in [3.05, 3.63) is 34.2 Å². The first-order chi connectivity index (χ1) is 14.3. The van der Waals surface area contributed by atoms with Crippen LogP contribution in [0.4, 0.5) is 0 Å². The number of likely N-dealkylation sites (N-methyl/N-ethyl adjacent to an activating group) is 1. The standard InChI is InChI=1S/C24H36N4O2/c1-24(2,3)22(29)27-14-6-5-10-18(27)11-8-13-26(4)19-15-17-9-7-12-20-21(17)28(16-19)23(30)25-20/h7,9,12,18-19H,5-6,8,10-11,13-16H2,1-4H3,(H,25,30)/t18?,19-/m0/s1. The minimum absolute atomic E-state index is 0.00547. The molecule has 2 aliphatic heterocycles. The normalized spacial score (nSPS) is 22.1. The Morgan fingerprint density at radius 3 is 2.83 bits per heavy atom. The van der Waals surface area contributed by atoms with Crippen molar-refractivity contribution < 1.29 is 4.79 Å². The molecule has 1 N–H and O–H groups in total. The van der Waals surface area contributed by atoms with Gasteiger partial charge in [0.05, 0.1) is 11.0 Å². The van der Waals surface area contributed by atoms with Gasteiger partial charge in [-0.15, -0.1) is 0 Å². The Kier molecular flexibility index (Phi) is 5.80. The lowest BCUT2D eigenvalue weighted by Gasteiger charge is -2.40. The number of H-pyrrole nitrogens is 1. The number of aromatic amines is 1. The second-order valence-electron chi connectivity index (χ2n) is 10.2. The Morgan fingerprint density at radius 2 is 2.07 bits per heavy atom. The summed E-state index contributed by atoms with van der Waals surface area (Å²) in [5, 5.41) is 0. The number of carbonyl (C=O) groups is 1. The van der Waals surface area contributed by atoms with Gasteiger partial charge in [0, 0.05) is 30.6 Å². The summed E-state index contributed by atoms with van der Waals surface area (Å²) in [6.45, 7) is 8.71. The Hall–Kier alpha value is -2.08. The number of amides is 1. The zero-order valence-corrected chi connectivity index (χ0v) is 18.9. The molecule has 1 unspecified atom stereocenters. The van der Waals surface area contributed by atoms with Crippen LogP contribution in [-0.4, -0.2) is 57.5 Å². The predicted molar refractivity (Wildman–Crippen MR) is 121 cm³/mol. The number of carbonyl (C=O) groups excluding carboxylic acids is 1. The van der Waals surface area contributed by atoms with Crippen molar-refractivity contribution >= 4 is 16.9 Å². The Bertz CT molecular complexity index is 968. The minimum atomic E-state index is -0.309. The second kappa shape index (κ2) is 8.22. The smallest absolute Gasteiger partial charge is 0.326 e. The summed E-state index contributed by atoms with van der Waals surface area (Å²) >= 11 is 0. The first-order valence-corrected chi connectivity index (χ1v) is 11.5. The number of para-hydroxylation sites is 1. The summed E-state index contributed by atoms with van der Waals surface area (Å²) in [6, 6.07) is 6.86. The molecule has 0 saturated carbocycles. The molecule has 0 spiro atoms. The fourth-order valence-electron chi connectivity index (χ4n) is 5.22. The van der Waals surface area contributed by atoms with E-state index in [2.05, 4.69) is 27.9 Å². The highest BCUT2D eigenvalue weighted by Gasteiger charge is 2.33. The van der Waals surface area contributed by atoms with Gasteiger partial charge in [0.1, 0.15) is 0 Å². The van der Waals surface area contributed by atoms with Gasteiger partial charge in [0.2, 0.25) is 5.91 Å². The van der Waals surface area contributed by atoms with Crippen molar-refractivity contribution in [3.8, 4) is 0 Å². The van der Waals surface area contributed by atoms with Crippen LogP contribution in [0.25, 0.3) is 11.0 Å². The summed E-state index contributed by atoms with van der Waals surface area (Å²) in [5.74, 6) is 0.292. The Balaban J connectivity index is 1.36. The molecule has 164 valence electrons. The molecule has 2 aliphatic rings. The summed E-state index contributed by atoms with van der Waals surface area (Å²) < 4.78 is 1.90. The maximum absolute atomic E-state index is 12.9. The molecular formula is C24H36N4O2. The molecule has 1 aromatic heterocycles. The zero-order valence-electron chi connectivity index (χ0n) is 18.9. The molecule has 1 saturated heterocycles. The van der Waals surface area contributed by atoms with E-state index in [9.17, 15) is 9.59 Å². The molecule has 4 rings (SSSR count). The van der Waals surface area contributed by atoms with E-state index in [1.54, 1.807) is 0 Å². The van der Waals surface area contributed by atoms with Crippen molar-refractivity contribution in [1.29, 1.82) is 0 Å². The van der Waals surface area contributed by atoms with E-state index in [-0.39, 0.29) is 11.1 Å². The molecule has 1 fully saturated rings. The number of hydrogen-bond donors (Lipinski definition) is 1. The maximum atomic E-state index is 12.9. The maximum Gasteiger partial charge on any atom is 0.326 e. The second-order valence-corrected chi connectivity index (χ2v) is 10.2. The summed E-state index contributed by atoms with van der Waals surface area (Å²) in [4.78, 5) is 32.8. The van der Waals surface area contributed by atoms with E-state index >= 15 is 0 Å². The lowest BCUT2D eigenvalue weighted by atomic mass is 9.90. The third-order valence-electron chi connectivity index (χ3n) is 6.93. The SMILES string of the molecule is CN(CCCC1CCCCN1C(=O)C(C)(C)C)[C@H]1Cc2cccc3[nH]c(=O)n(c23)C1. The van der Waals surface area contributed by atoms with Crippen LogP contribution < -0.4 is 5.69 Å².